The minimum Gasteiger partial charge on any atom is -0.455 e. The minimum atomic E-state index is 0.638. The fourth-order valence-electron chi connectivity index (χ4n) is 5.75. The van der Waals surface area contributed by atoms with Crippen molar-refractivity contribution in [2.45, 2.75) is 0 Å². The van der Waals surface area contributed by atoms with Gasteiger partial charge in [0.15, 0.2) is 5.82 Å². The molecule has 5 heteroatoms. The number of aromatic nitrogens is 2. The molecule has 0 aliphatic rings. The Balaban J connectivity index is 1.42. The number of benzene rings is 5. The van der Waals surface area contributed by atoms with E-state index in [0.29, 0.717) is 5.82 Å². The molecular formula is C34H18N2O2S. The molecule has 39 heavy (non-hydrogen) atoms. The number of furan rings is 2. The minimum absolute atomic E-state index is 0.638. The lowest BCUT2D eigenvalue weighted by molar-refractivity contribution is 0.669. The second-order valence-corrected chi connectivity index (χ2v) is 10.8. The van der Waals surface area contributed by atoms with E-state index in [0.717, 1.165) is 76.3 Å². The maximum absolute atomic E-state index is 6.44. The number of para-hydroxylation sites is 4. The van der Waals surface area contributed by atoms with Gasteiger partial charge in [-0.2, -0.15) is 0 Å². The average Bonchev–Trinajstić information content (AvgIpc) is 3.68. The van der Waals surface area contributed by atoms with Gasteiger partial charge in [0, 0.05) is 37.2 Å². The molecule has 0 fully saturated rings. The van der Waals surface area contributed by atoms with Crippen molar-refractivity contribution in [3.8, 4) is 22.6 Å². The Morgan fingerprint density at radius 3 is 1.77 bits per heavy atom. The smallest absolute Gasteiger partial charge is 0.164 e. The molecule has 0 saturated heterocycles. The van der Waals surface area contributed by atoms with Gasteiger partial charge in [-0.3, -0.25) is 0 Å². The van der Waals surface area contributed by atoms with Crippen LogP contribution in [-0.4, -0.2) is 9.97 Å². The first kappa shape index (κ1) is 21.0. The van der Waals surface area contributed by atoms with Crippen LogP contribution in [0.15, 0.2) is 118 Å². The fourth-order valence-corrected chi connectivity index (χ4v) is 6.90. The van der Waals surface area contributed by atoms with Crippen LogP contribution in [0.1, 0.15) is 0 Å². The van der Waals surface area contributed by atoms with Gasteiger partial charge in [-0.05, 0) is 30.3 Å². The first-order valence-corrected chi connectivity index (χ1v) is 13.7. The number of fused-ring (bicyclic) bond motifs is 9. The SMILES string of the molecule is c1ccc2c(c1)oc1c(-c3nc(-c4cccc5c4oc4ccccc45)c4sc5ccccc5c4n3)cccc12. The molecule has 0 bridgehead atoms. The number of nitrogens with zero attached hydrogens (tertiary/aromatic N) is 2. The summed E-state index contributed by atoms with van der Waals surface area (Å²) in [5.41, 5.74) is 7.00. The number of rotatable bonds is 2. The van der Waals surface area contributed by atoms with Gasteiger partial charge < -0.3 is 8.83 Å². The molecule has 0 spiro atoms. The Morgan fingerprint density at radius 1 is 0.487 bits per heavy atom. The predicted octanol–water partition coefficient (Wildman–Crippen LogP) is 9.98. The quantitative estimate of drug-likeness (QED) is 0.228. The van der Waals surface area contributed by atoms with Gasteiger partial charge in [0.25, 0.3) is 0 Å². The van der Waals surface area contributed by atoms with Crippen LogP contribution in [0.2, 0.25) is 0 Å². The summed E-state index contributed by atoms with van der Waals surface area (Å²) in [4.78, 5) is 10.4. The van der Waals surface area contributed by atoms with E-state index in [1.165, 1.54) is 4.70 Å². The Kier molecular flexibility index (Phi) is 4.18. The highest BCUT2D eigenvalue weighted by Gasteiger charge is 2.22. The van der Waals surface area contributed by atoms with Crippen LogP contribution < -0.4 is 0 Å². The molecular weight excluding hydrogens is 500 g/mol. The van der Waals surface area contributed by atoms with E-state index in [1.54, 1.807) is 11.3 Å². The van der Waals surface area contributed by atoms with Crippen molar-refractivity contribution in [2.24, 2.45) is 0 Å². The molecule has 9 rings (SSSR count). The van der Waals surface area contributed by atoms with E-state index < -0.39 is 0 Å². The molecule has 4 nitrogen and oxygen atoms in total. The first-order valence-electron chi connectivity index (χ1n) is 12.8. The summed E-state index contributed by atoms with van der Waals surface area (Å²) in [5, 5.41) is 5.45. The van der Waals surface area contributed by atoms with Crippen LogP contribution in [0.25, 0.3) is 86.8 Å². The Labute approximate surface area is 225 Å². The lowest BCUT2D eigenvalue weighted by atomic mass is 10.0. The Morgan fingerprint density at radius 2 is 1.05 bits per heavy atom. The summed E-state index contributed by atoms with van der Waals surface area (Å²) < 4.78 is 15.0. The lowest BCUT2D eigenvalue weighted by Gasteiger charge is -2.08. The van der Waals surface area contributed by atoms with Gasteiger partial charge in [0.05, 0.1) is 21.5 Å². The van der Waals surface area contributed by atoms with Gasteiger partial charge in [-0.1, -0.05) is 78.9 Å². The molecule has 182 valence electrons. The molecule has 0 radical (unpaired) electrons. The fraction of sp³-hybridized carbons (Fsp3) is 0. The zero-order valence-electron chi connectivity index (χ0n) is 20.5. The zero-order chi connectivity index (χ0) is 25.5. The van der Waals surface area contributed by atoms with Crippen LogP contribution in [0.5, 0.6) is 0 Å². The van der Waals surface area contributed by atoms with Crippen molar-refractivity contribution in [2.75, 3.05) is 0 Å². The molecule has 0 unspecified atom stereocenters. The van der Waals surface area contributed by atoms with E-state index in [4.69, 9.17) is 18.8 Å². The highest BCUT2D eigenvalue weighted by molar-refractivity contribution is 7.26. The van der Waals surface area contributed by atoms with Crippen LogP contribution in [0.4, 0.5) is 0 Å². The summed E-state index contributed by atoms with van der Waals surface area (Å²) >= 11 is 1.72. The number of hydrogen-bond donors (Lipinski definition) is 0. The molecule has 0 atom stereocenters. The van der Waals surface area contributed by atoms with Crippen molar-refractivity contribution in [3.63, 3.8) is 0 Å². The Hall–Kier alpha value is -5.00. The van der Waals surface area contributed by atoms with Crippen LogP contribution >= 0.6 is 11.3 Å². The largest absolute Gasteiger partial charge is 0.455 e. The maximum atomic E-state index is 6.44. The van der Waals surface area contributed by atoms with Crippen molar-refractivity contribution in [1.29, 1.82) is 0 Å². The van der Waals surface area contributed by atoms with Crippen molar-refractivity contribution < 1.29 is 8.83 Å². The molecule has 0 aliphatic carbocycles. The van der Waals surface area contributed by atoms with E-state index in [-0.39, 0.29) is 0 Å². The highest BCUT2D eigenvalue weighted by atomic mass is 32.1. The molecule has 4 aromatic heterocycles. The zero-order valence-corrected chi connectivity index (χ0v) is 21.3. The van der Waals surface area contributed by atoms with E-state index in [1.807, 2.05) is 42.5 Å². The summed E-state index contributed by atoms with van der Waals surface area (Å²) in [6.45, 7) is 0. The molecule has 9 aromatic rings. The summed E-state index contributed by atoms with van der Waals surface area (Å²) in [6.07, 6.45) is 0. The van der Waals surface area contributed by atoms with Crippen LogP contribution in [-0.2, 0) is 0 Å². The normalized spacial score (nSPS) is 12.1. The third-order valence-corrected chi connectivity index (χ3v) is 8.69. The Bertz CT molecular complexity index is 2410. The van der Waals surface area contributed by atoms with E-state index in [2.05, 4.69) is 66.7 Å². The van der Waals surface area contributed by atoms with Gasteiger partial charge in [0.1, 0.15) is 22.3 Å². The van der Waals surface area contributed by atoms with Crippen LogP contribution in [0, 0.1) is 0 Å². The third-order valence-electron chi connectivity index (χ3n) is 7.52. The van der Waals surface area contributed by atoms with Crippen molar-refractivity contribution >= 4 is 75.5 Å². The van der Waals surface area contributed by atoms with E-state index >= 15 is 0 Å². The van der Waals surface area contributed by atoms with Crippen molar-refractivity contribution in [1.82, 2.24) is 9.97 Å². The standard InChI is InChI=1S/C34H18N2O2S/c1-4-16-26-19(9-1)21-12-7-14-24(31(21)37-26)30-33-29(23-11-3-6-18-28(23)39-33)35-34(36-30)25-15-8-13-22-20-10-2-5-17-27(20)38-32(22)25/h1-18H. The molecule has 0 amide bonds. The maximum Gasteiger partial charge on any atom is 0.164 e. The number of thiophene rings is 1. The molecule has 0 aliphatic heterocycles. The average molecular weight is 519 g/mol. The highest BCUT2D eigenvalue weighted by Crippen LogP contribution is 2.43. The monoisotopic (exact) mass is 518 g/mol. The van der Waals surface area contributed by atoms with Crippen LogP contribution in [0.3, 0.4) is 0 Å². The molecule has 0 saturated carbocycles. The molecule has 4 heterocycles. The molecule has 5 aromatic carbocycles. The number of hydrogen-bond acceptors (Lipinski definition) is 5. The molecule has 0 N–H and O–H groups in total. The van der Waals surface area contributed by atoms with Crippen molar-refractivity contribution in [3.05, 3.63) is 109 Å². The predicted molar refractivity (Wildman–Crippen MR) is 160 cm³/mol. The van der Waals surface area contributed by atoms with Gasteiger partial charge in [-0.25, -0.2) is 9.97 Å². The van der Waals surface area contributed by atoms with Gasteiger partial charge in [0.2, 0.25) is 0 Å². The third kappa shape index (κ3) is 2.93. The van der Waals surface area contributed by atoms with E-state index in [9.17, 15) is 0 Å². The second kappa shape index (κ2) is 7.76. The summed E-state index contributed by atoms with van der Waals surface area (Å²) in [5.74, 6) is 0.638. The summed E-state index contributed by atoms with van der Waals surface area (Å²) in [7, 11) is 0. The second-order valence-electron chi connectivity index (χ2n) is 9.73. The lowest BCUT2D eigenvalue weighted by Crippen LogP contribution is -1.94. The van der Waals surface area contributed by atoms with Gasteiger partial charge in [-0.15, -0.1) is 11.3 Å². The van der Waals surface area contributed by atoms with Gasteiger partial charge >= 0.3 is 0 Å². The topological polar surface area (TPSA) is 52.1 Å². The first-order chi connectivity index (χ1) is 19.3. The summed E-state index contributed by atoms with van der Waals surface area (Å²) in [6, 6.07) is 37.2.